The summed E-state index contributed by atoms with van der Waals surface area (Å²) in [6.45, 7) is -0.0831. The molecule has 0 bridgehead atoms. The molecule has 1 heterocycles. The van der Waals surface area contributed by atoms with Gasteiger partial charge in [-0.05, 0) is 41.8 Å². The quantitative estimate of drug-likeness (QED) is 0.642. The fourth-order valence-electron chi connectivity index (χ4n) is 3.59. The minimum atomic E-state index is -4.60. The number of carbonyl (C=O) groups is 1. The Morgan fingerprint density at radius 2 is 1.70 bits per heavy atom. The van der Waals surface area contributed by atoms with E-state index in [9.17, 15) is 22.0 Å². The molecule has 7 nitrogen and oxygen atoms in total. The van der Waals surface area contributed by atoms with Crippen LogP contribution in [-0.4, -0.2) is 46.6 Å². The minimum Gasteiger partial charge on any atom is -0.493 e. The maximum Gasteiger partial charge on any atom is 0.307 e. The predicted octanol–water partition coefficient (Wildman–Crippen LogP) is 2.83. The van der Waals surface area contributed by atoms with E-state index in [4.69, 9.17) is 14.2 Å². The normalized spacial score (nSPS) is 16.6. The largest absolute Gasteiger partial charge is 0.493 e. The lowest BCUT2D eigenvalue weighted by atomic mass is 9.91. The van der Waals surface area contributed by atoms with Gasteiger partial charge in [0, 0.05) is 6.54 Å². The molecule has 0 aliphatic carbocycles. The highest BCUT2D eigenvalue weighted by molar-refractivity contribution is 7.89. The fraction of sp³-hybridized carbons (Fsp3) is 0.350. The first kappa shape index (κ1) is 22.0. The van der Waals surface area contributed by atoms with Gasteiger partial charge in [0.2, 0.25) is 10.0 Å². The summed E-state index contributed by atoms with van der Waals surface area (Å²) in [5.74, 6) is -2.29. The maximum absolute atomic E-state index is 14.3. The zero-order chi connectivity index (χ0) is 22.1. The fourth-order valence-corrected chi connectivity index (χ4v) is 5.31. The van der Waals surface area contributed by atoms with Crippen LogP contribution < -0.4 is 9.47 Å². The average molecular weight is 441 g/mol. The Bertz CT molecular complexity index is 1050. The molecule has 0 N–H and O–H groups in total. The number of carbonyl (C=O) groups excluding carboxylic acids is 1. The molecule has 2 aromatic rings. The van der Waals surface area contributed by atoms with Gasteiger partial charge in [0.25, 0.3) is 0 Å². The van der Waals surface area contributed by atoms with Crippen molar-refractivity contribution in [2.75, 3.05) is 27.9 Å². The Labute approximate surface area is 173 Å². The third kappa shape index (κ3) is 3.84. The van der Waals surface area contributed by atoms with Gasteiger partial charge in [-0.1, -0.05) is 6.07 Å². The lowest BCUT2D eigenvalue weighted by molar-refractivity contribution is -0.141. The molecule has 30 heavy (non-hydrogen) atoms. The van der Waals surface area contributed by atoms with Crippen LogP contribution >= 0.6 is 0 Å². The molecule has 1 aliphatic rings. The van der Waals surface area contributed by atoms with Gasteiger partial charge in [0.1, 0.15) is 11.6 Å². The second-order valence-electron chi connectivity index (χ2n) is 6.62. The molecule has 0 radical (unpaired) electrons. The Balaban J connectivity index is 2.17. The van der Waals surface area contributed by atoms with Crippen LogP contribution in [0.3, 0.4) is 0 Å². The van der Waals surface area contributed by atoms with Gasteiger partial charge in [0.15, 0.2) is 16.4 Å². The van der Waals surface area contributed by atoms with Crippen LogP contribution in [0.2, 0.25) is 0 Å². The molecule has 1 atom stereocenters. The van der Waals surface area contributed by atoms with Crippen molar-refractivity contribution in [1.29, 1.82) is 0 Å². The first-order chi connectivity index (χ1) is 14.2. The molecular weight excluding hydrogens is 420 g/mol. The number of esters is 1. The summed E-state index contributed by atoms with van der Waals surface area (Å²) >= 11 is 0. The number of nitrogens with zero attached hydrogens (tertiary/aromatic N) is 1. The second-order valence-corrected chi connectivity index (χ2v) is 8.45. The molecule has 1 unspecified atom stereocenters. The average Bonchev–Trinajstić information content (AvgIpc) is 2.72. The molecule has 0 saturated carbocycles. The molecule has 2 aromatic carbocycles. The molecule has 1 aliphatic heterocycles. The van der Waals surface area contributed by atoms with E-state index in [2.05, 4.69) is 0 Å². The van der Waals surface area contributed by atoms with E-state index >= 15 is 0 Å². The highest BCUT2D eigenvalue weighted by Gasteiger charge is 2.41. The van der Waals surface area contributed by atoms with Gasteiger partial charge < -0.3 is 14.2 Å². The van der Waals surface area contributed by atoms with Gasteiger partial charge in [-0.15, -0.1) is 0 Å². The second kappa shape index (κ2) is 8.57. The smallest absolute Gasteiger partial charge is 0.307 e. The Hall–Kier alpha value is -2.72. The lowest BCUT2D eigenvalue weighted by Gasteiger charge is -2.36. The van der Waals surface area contributed by atoms with Gasteiger partial charge in [-0.25, -0.2) is 17.2 Å². The number of benzene rings is 2. The molecule has 0 aromatic heterocycles. The van der Waals surface area contributed by atoms with Gasteiger partial charge in [-0.3, -0.25) is 4.79 Å². The number of hydrogen-bond donors (Lipinski definition) is 0. The van der Waals surface area contributed by atoms with Crippen LogP contribution in [0.1, 0.15) is 23.6 Å². The van der Waals surface area contributed by atoms with Crippen LogP contribution in [0.25, 0.3) is 0 Å². The number of rotatable bonds is 6. The summed E-state index contributed by atoms with van der Waals surface area (Å²) in [6, 6.07) is 5.06. The van der Waals surface area contributed by atoms with Crippen LogP contribution in [0.5, 0.6) is 11.5 Å². The number of methoxy groups -OCH3 is 3. The van der Waals surface area contributed by atoms with Gasteiger partial charge >= 0.3 is 5.97 Å². The molecule has 3 rings (SSSR count). The molecule has 0 fully saturated rings. The zero-order valence-corrected chi connectivity index (χ0v) is 17.5. The van der Waals surface area contributed by atoms with E-state index in [-0.39, 0.29) is 19.4 Å². The molecule has 0 saturated heterocycles. The van der Waals surface area contributed by atoms with E-state index < -0.39 is 38.6 Å². The first-order valence-electron chi connectivity index (χ1n) is 9.02. The minimum absolute atomic E-state index is 0.0831. The summed E-state index contributed by atoms with van der Waals surface area (Å²) in [5.41, 5.74) is 1.21. The third-order valence-corrected chi connectivity index (χ3v) is 6.99. The highest BCUT2D eigenvalue weighted by atomic mass is 32.2. The molecule has 0 spiro atoms. The van der Waals surface area contributed by atoms with E-state index in [0.29, 0.717) is 17.1 Å². The third-order valence-electron chi connectivity index (χ3n) is 5.03. The Morgan fingerprint density at radius 3 is 2.27 bits per heavy atom. The van der Waals surface area contributed by atoms with Crippen molar-refractivity contribution in [2.24, 2.45) is 0 Å². The van der Waals surface area contributed by atoms with Crippen molar-refractivity contribution < 1.29 is 36.2 Å². The van der Waals surface area contributed by atoms with Crippen molar-refractivity contribution in [3.05, 3.63) is 53.1 Å². The van der Waals surface area contributed by atoms with Gasteiger partial charge in [-0.2, -0.15) is 4.31 Å². The summed E-state index contributed by atoms with van der Waals surface area (Å²) < 4.78 is 71.3. The zero-order valence-electron chi connectivity index (χ0n) is 16.6. The standard InChI is InChI=1S/C20H21F2NO6S/c1-27-17-9-12-7-8-23(30(25,26)20-14(21)5-4-6-15(20)22)16(11-19(24)29-3)13(12)10-18(17)28-2/h4-6,9-10,16H,7-8,11H2,1-3H3. The van der Waals surface area contributed by atoms with Crippen molar-refractivity contribution in [3.63, 3.8) is 0 Å². The number of halogens is 2. The maximum atomic E-state index is 14.3. The van der Waals surface area contributed by atoms with Crippen molar-refractivity contribution in [2.45, 2.75) is 23.8 Å². The van der Waals surface area contributed by atoms with Crippen molar-refractivity contribution >= 4 is 16.0 Å². The molecule has 0 amide bonds. The number of hydrogen-bond acceptors (Lipinski definition) is 6. The van der Waals surface area contributed by atoms with Crippen LogP contribution in [0, 0.1) is 11.6 Å². The Kier molecular flexibility index (Phi) is 6.27. The van der Waals surface area contributed by atoms with Crippen LogP contribution in [0.15, 0.2) is 35.2 Å². The van der Waals surface area contributed by atoms with Gasteiger partial charge in [0.05, 0.1) is 33.8 Å². The van der Waals surface area contributed by atoms with E-state index in [1.54, 1.807) is 12.1 Å². The molecular formula is C20H21F2NO6S. The predicted molar refractivity (Wildman–Crippen MR) is 103 cm³/mol. The summed E-state index contributed by atoms with van der Waals surface area (Å²) in [5, 5.41) is 0. The SMILES string of the molecule is COC(=O)CC1c2cc(OC)c(OC)cc2CCN1S(=O)(=O)c1c(F)cccc1F. The van der Waals surface area contributed by atoms with E-state index in [1.165, 1.54) is 21.3 Å². The van der Waals surface area contributed by atoms with Crippen LogP contribution in [0.4, 0.5) is 8.78 Å². The Morgan fingerprint density at radius 1 is 1.10 bits per heavy atom. The number of sulfonamides is 1. The van der Waals surface area contributed by atoms with Crippen LogP contribution in [-0.2, 0) is 26.0 Å². The number of fused-ring (bicyclic) bond motifs is 1. The summed E-state index contributed by atoms with van der Waals surface area (Å²) in [6.07, 6.45) is -0.0864. The highest BCUT2D eigenvalue weighted by Crippen LogP contribution is 2.42. The summed E-state index contributed by atoms with van der Waals surface area (Å²) in [7, 11) is -0.533. The lowest BCUT2D eigenvalue weighted by Crippen LogP contribution is -2.41. The number of ether oxygens (including phenoxy) is 3. The van der Waals surface area contributed by atoms with Crippen molar-refractivity contribution in [1.82, 2.24) is 4.31 Å². The van der Waals surface area contributed by atoms with E-state index in [1.807, 2.05) is 0 Å². The molecule has 162 valence electrons. The van der Waals surface area contributed by atoms with E-state index in [0.717, 1.165) is 28.1 Å². The summed E-state index contributed by atoms with van der Waals surface area (Å²) in [4.78, 5) is 11.0. The topological polar surface area (TPSA) is 82.1 Å². The molecule has 10 heteroatoms. The monoisotopic (exact) mass is 441 g/mol. The first-order valence-corrected chi connectivity index (χ1v) is 10.5. The van der Waals surface area contributed by atoms with Crippen molar-refractivity contribution in [3.8, 4) is 11.5 Å².